The van der Waals surface area contributed by atoms with Gasteiger partial charge < -0.3 is 9.73 Å². The molecule has 1 unspecified atom stereocenters. The van der Waals surface area contributed by atoms with Crippen molar-refractivity contribution < 1.29 is 13.2 Å². The topological polar surface area (TPSA) is 51.0 Å². The van der Waals surface area contributed by atoms with E-state index in [-0.39, 0.29) is 17.5 Å². The van der Waals surface area contributed by atoms with Crippen LogP contribution in [0.3, 0.4) is 0 Å². The molecule has 0 amide bonds. The highest BCUT2D eigenvalue weighted by Gasteiger charge is 2.16. The summed E-state index contributed by atoms with van der Waals surface area (Å²) < 4.78 is 31.8. The predicted octanol–water partition coefficient (Wildman–Crippen LogP) is 3.08. The quantitative estimate of drug-likeness (QED) is 0.904. The minimum Gasteiger partial charge on any atom is -0.419 e. The molecule has 0 fully saturated rings. The highest BCUT2D eigenvalue weighted by atomic mass is 19.1. The van der Waals surface area contributed by atoms with Crippen LogP contribution in [-0.4, -0.2) is 16.7 Å². The molecule has 2 rings (SSSR count). The van der Waals surface area contributed by atoms with Crippen LogP contribution in [0.1, 0.15) is 32.2 Å². The summed E-state index contributed by atoms with van der Waals surface area (Å²) in [6.07, 6.45) is 0.984. The summed E-state index contributed by atoms with van der Waals surface area (Å²) in [7, 11) is 0. The first kappa shape index (κ1) is 13.6. The Balaban J connectivity index is 2.20. The number of nitrogens with zero attached hydrogens (tertiary/aromatic N) is 2. The van der Waals surface area contributed by atoms with Gasteiger partial charge in [-0.3, -0.25) is 0 Å². The lowest BCUT2D eigenvalue weighted by Crippen LogP contribution is -2.19. The van der Waals surface area contributed by atoms with E-state index < -0.39 is 11.6 Å². The third-order valence-corrected chi connectivity index (χ3v) is 2.67. The molecule has 0 aliphatic rings. The molecule has 1 heterocycles. The Hall–Kier alpha value is -1.82. The molecule has 2 aromatic rings. The third-order valence-electron chi connectivity index (χ3n) is 2.67. The van der Waals surface area contributed by atoms with Gasteiger partial charge in [-0.2, -0.15) is 0 Å². The summed E-state index contributed by atoms with van der Waals surface area (Å²) in [4.78, 5) is 0. The van der Waals surface area contributed by atoms with Crippen LogP contribution in [0.15, 0.2) is 22.6 Å². The molecule has 19 heavy (non-hydrogen) atoms. The second-order valence-electron chi connectivity index (χ2n) is 4.25. The Bertz CT molecular complexity index is 557. The van der Waals surface area contributed by atoms with Crippen LogP contribution in [0.2, 0.25) is 0 Å². The molecule has 1 aromatic heterocycles. The first-order valence-corrected chi connectivity index (χ1v) is 6.14. The summed E-state index contributed by atoms with van der Waals surface area (Å²) in [5.74, 6) is -0.923. The van der Waals surface area contributed by atoms with Crippen LogP contribution < -0.4 is 5.32 Å². The number of nitrogens with one attached hydrogen (secondary N) is 1. The fraction of sp³-hybridized carbons (Fsp3) is 0.385. The minimum absolute atomic E-state index is 0.0534. The molecule has 0 aliphatic heterocycles. The van der Waals surface area contributed by atoms with Crippen LogP contribution >= 0.6 is 0 Å². The fourth-order valence-electron chi connectivity index (χ4n) is 1.63. The molecule has 0 aliphatic carbocycles. The van der Waals surface area contributed by atoms with E-state index in [4.69, 9.17) is 4.42 Å². The average molecular weight is 267 g/mol. The van der Waals surface area contributed by atoms with Crippen molar-refractivity contribution in [2.75, 3.05) is 6.54 Å². The van der Waals surface area contributed by atoms with Gasteiger partial charge in [0.15, 0.2) is 0 Å². The smallest absolute Gasteiger partial charge is 0.250 e. The molecule has 1 N–H and O–H groups in total. The van der Waals surface area contributed by atoms with Crippen molar-refractivity contribution in [3.8, 4) is 11.5 Å². The second kappa shape index (κ2) is 5.88. The van der Waals surface area contributed by atoms with Crippen LogP contribution in [0.25, 0.3) is 11.5 Å². The number of aromatic nitrogens is 2. The van der Waals surface area contributed by atoms with Crippen molar-refractivity contribution in [1.82, 2.24) is 15.5 Å². The van der Waals surface area contributed by atoms with Crippen LogP contribution in [-0.2, 0) is 0 Å². The molecule has 0 radical (unpaired) electrons. The van der Waals surface area contributed by atoms with Crippen LogP contribution in [0.4, 0.5) is 8.78 Å². The summed E-state index contributed by atoms with van der Waals surface area (Å²) in [5, 5.41) is 10.8. The molecule has 102 valence electrons. The van der Waals surface area contributed by atoms with Gasteiger partial charge in [0.05, 0.1) is 11.6 Å². The van der Waals surface area contributed by atoms with E-state index in [1.165, 1.54) is 6.07 Å². The zero-order valence-corrected chi connectivity index (χ0v) is 10.8. The lowest BCUT2D eigenvalue weighted by Gasteiger charge is -2.07. The molecule has 0 bridgehead atoms. The highest BCUT2D eigenvalue weighted by molar-refractivity contribution is 5.53. The normalized spacial score (nSPS) is 12.6. The van der Waals surface area contributed by atoms with Gasteiger partial charge in [0, 0.05) is 6.07 Å². The van der Waals surface area contributed by atoms with E-state index in [0.29, 0.717) is 5.89 Å². The maximum atomic E-state index is 13.6. The molecule has 0 saturated carbocycles. The van der Waals surface area contributed by atoms with E-state index in [0.717, 1.165) is 25.1 Å². The molecular formula is C13H15F2N3O. The zero-order valence-electron chi connectivity index (χ0n) is 10.8. The Morgan fingerprint density at radius 1 is 1.32 bits per heavy atom. The van der Waals surface area contributed by atoms with Crippen molar-refractivity contribution in [3.05, 3.63) is 35.7 Å². The number of hydrogen-bond donors (Lipinski definition) is 1. The summed E-state index contributed by atoms with van der Waals surface area (Å²) in [6.45, 7) is 4.75. The van der Waals surface area contributed by atoms with Crippen molar-refractivity contribution >= 4 is 0 Å². The number of rotatable bonds is 5. The SMILES string of the molecule is CCCNC(C)c1nnc(-c2ccc(F)cc2F)o1. The van der Waals surface area contributed by atoms with E-state index >= 15 is 0 Å². The summed E-state index contributed by atoms with van der Waals surface area (Å²) >= 11 is 0. The van der Waals surface area contributed by atoms with Crippen molar-refractivity contribution in [1.29, 1.82) is 0 Å². The van der Waals surface area contributed by atoms with E-state index in [1.807, 2.05) is 13.8 Å². The Morgan fingerprint density at radius 3 is 2.79 bits per heavy atom. The first-order valence-electron chi connectivity index (χ1n) is 6.14. The van der Waals surface area contributed by atoms with Gasteiger partial charge in [0.1, 0.15) is 11.6 Å². The zero-order chi connectivity index (χ0) is 13.8. The largest absolute Gasteiger partial charge is 0.419 e. The third kappa shape index (κ3) is 3.14. The number of hydrogen-bond acceptors (Lipinski definition) is 4. The molecule has 6 heteroatoms. The molecule has 4 nitrogen and oxygen atoms in total. The van der Waals surface area contributed by atoms with E-state index in [2.05, 4.69) is 15.5 Å². The minimum atomic E-state index is -0.718. The van der Waals surface area contributed by atoms with Gasteiger partial charge in [-0.1, -0.05) is 6.92 Å². The van der Waals surface area contributed by atoms with Gasteiger partial charge >= 0.3 is 0 Å². The maximum absolute atomic E-state index is 13.6. The van der Waals surface area contributed by atoms with E-state index in [1.54, 1.807) is 0 Å². The lowest BCUT2D eigenvalue weighted by molar-refractivity contribution is 0.422. The van der Waals surface area contributed by atoms with E-state index in [9.17, 15) is 8.78 Å². The molecule has 0 saturated heterocycles. The monoisotopic (exact) mass is 267 g/mol. The van der Waals surface area contributed by atoms with Gasteiger partial charge in [-0.25, -0.2) is 8.78 Å². The standard InChI is InChI=1S/C13H15F2N3O/c1-3-6-16-8(2)12-17-18-13(19-12)10-5-4-9(14)7-11(10)15/h4-5,7-8,16H,3,6H2,1-2H3. The summed E-state index contributed by atoms with van der Waals surface area (Å²) in [6, 6.07) is 3.12. The Morgan fingerprint density at radius 2 is 2.11 bits per heavy atom. The number of benzene rings is 1. The molecule has 1 atom stereocenters. The predicted molar refractivity (Wildman–Crippen MR) is 66.4 cm³/mol. The second-order valence-corrected chi connectivity index (χ2v) is 4.25. The number of halogens is 2. The Labute approximate surface area is 109 Å². The van der Waals surface area contributed by atoms with Crippen molar-refractivity contribution in [2.45, 2.75) is 26.3 Å². The van der Waals surface area contributed by atoms with Crippen molar-refractivity contribution in [3.63, 3.8) is 0 Å². The van der Waals surface area contributed by atoms with Gasteiger partial charge in [0.2, 0.25) is 5.89 Å². The fourth-order valence-corrected chi connectivity index (χ4v) is 1.63. The first-order chi connectivity index (χ1) is 9.11. The summed E-state index contributed by atoms with van der Waals surface area (Å²) in [5.41, 5.74) is 0.0999. The maximum Gasteiger partial charge on any atom is 0.250 e. The van der Waals surface area contributed by atoms with Gasteiger partial charge in [-0.15, -0.1) is 10.2 Å². The van der Waals surface area contributed by atoms with Crippen LogP contribution in [0.5, 0.6) is 0 Å². The molecule has 1 aromatic carbocycles. The highest BCUT2D eigenvalue weighted by Crippen LogP contribution is 2.23. The van der Waals surface area contributed by atoms with Crippen LogP contribution in [0, 0.1) is 11.6 Å². The average Bonchev–Trinajstić information content (AvgIpc) is 2.85. The van der Waals surface area contributed by atoms with Crippen molar-refractivity contribution in [2.24, 2.45) is 0 Å². The molecular weight excluding hydrogens is 252 g/mol. The van der Waals surface area contributed by atoms with Gasteiger partial charge in [0.25, 0.3) is 5.89 Å². The Kier molecular flexibility index (Phi) is 4.21. The van der Waals surface area contributed by atoms with Gasteiger partial charge in [-0.05, 0) is 32.0 Å². The molecule has 0 spiro atoms. The lowest BCUT2D eigenvalue weighted by atomic mass is 10.2.